The number of nitrogens with zero attached hydrogens (tertiary/aromatic N) is 1. The smallest absolute Gasteiger partial charge is 0.245 e. The number of carbonyl (C=O) groups is 1. The number of piperidine rings is 1. The molecule has 1 aliphatic rings. The maximum atomic E-state index is 13.8. The van der Waals surface area contributed by atoms with E-state index >= 15 is 0 Å². The molecule has 1 aromatic rings. The average Bonchev–Trinajstić information content (AvgIpc) is 2.60. The summed E-state index contributed by atoms with van der Waals surface area (Å²) in [4.78, 5) is 12.1. The van der Waals surface area contributed by atoms with E-state index in [1.54, 1.807) is 0 Å². The van der Waals surface area contributed by atoms with Gasteiger partial charge in [0.15, 0.2) is 0 Å². The molecule has 0 spiro atoms. The van der Waals surface area contributed by atoms with Gasteiger partial charge in [-0.15, -0.1) is 0 Å². The molecule has 1 heterocycles. The molecule has 146 valence electrons. The van der Waals surface area contributed by atoms with Crippen LogP contribution in [0.1, 0.15) is 46.5 Å². The number of benzene rings is 1. The van der Waals surface area contributed by atoms with Crippen molar-refractivity contribution in [2.24, 2.45) is 11.8 Å². The first kappa shape index (κ1) is 20.8. The third-order valence-electron chi connectivity index (χ3n) is 4.84. The van der Waals surface area contributed by atoms with Crippen molar-refractivity contribution < 1.29 is 17.6 Å². The van der Waals surface area contributed by atoms with Crippen LogP contribution in [0.2, 0.25) is 0 Å². The minimum atomic E-state index is -3.86. The summed E-state index contributed by atoms with van der Waals surface area (Å²) in [5, 5.41) is 3.03. The SMILES string of the molecule is CC(C)CCC(C)NC(=O)C1CCN(S(=O)(=O)c2ccccc2F)CC1. The second kappa shape index (κ2) is 8.95. The summed E-state index contributed by atoms with van der Waals surface area (Å²) in [6.45, 7) is 6.77. The Hall–Kier alpha value is -1.47. The highest BCUT2D eigenvalue weighted by Crippen LogP contribution is 2.25. The van der Waals surface area contributed by atoms with Crippen molar-refractivity contribution in [1.29, 1.82) is 0 Å². The van der Waals surface area contributed by atoms with Crippen LogP contribution in [0.5, 0.6) is 0 Å². The molecule has 0 radical (unpaired) electrons. The Labute approximate surface area is 156 Å². The predicted octanol–water partition coefficient (Wildman–Crippen LogP) is 3.17. The Kier molecular flexibility index (Phi) is 7.17. The van der Waals surface area contributed by atoms with E-state index < -0.39 is 15.8 Å². The zero-order chi connectivity index (χ0) is 19.3. The van der Waals surface area contributed by atoms with Crippen LogP contribution in [-0.2, 0) is 14.8 Å². The fourth-order valence-electron chi connectivity index (χ4n) is 3.17. The van der Waals surface area contributed by atoms with Crippen molar-refractivity contribution in [3.8, 4) is 0 Å². The quantitative estimate of drug-likeness (QED) is 0.785. The highest BCUT2D eigenvalue weighted by Gasteiger charge is 2.33. The zero-order valence-corrected chi connectivity index (χ0v) is 16.6. The third kappa shape index (κ3) is 5.27. The zero-order valence-electron chi connectivity index (χ0n) is 15.7. The van der Waals surface area contributed by atoms with Gasteiger partial charge in [0, 0.05) is 25.0 Å². The number of sulfonamides is 1. The lowest BCUT2D eigenvalue weighted by Gasteiger charge is -2.31. The first-order chi connectivity index (χ1) is 12.2. The Morgan fingerprint density at radius 1 is 1.19 bits per heavy atom. The Balaban J connectivity index is 1.90. The lowest BCUT2D eigenvalue weighted by atomic mass is 9.96. The second-order valence-corrected chi connectivity index (χ2v) is 9.40. The highest BCUT2D eigenvalue weighted by molar-refractivity contribution is 7.89. The molecule has 7 heteroatoms. The summed E-state index contributed by atoms with van der Waals surface area (Å²) in [6.07, 6.45) is 2.90. The minimum Gasteiger partial charge on any atom is -0.353 e. The average molecular weight is 385 g/mol. The standard InChI is InChI=1S/C19H29FN2O3S/c1-14(2)8-9-15(3)21-19(23)16-10-12-22(13-11-16)26(24,25)18-7-5-4-6-17(18)20/h4-7,14-16H,8-13H2,1-3H3,(H,21,23). The highest BCUT2D eigenvalue weighted by atomic mass is 32.2. The maximum absolute atomic E-state index is 13.8. The van der Waals surface area contributed by atoms with Gasteiger partial charge in [-0.1, -0.05) is 26.0 Å². The summed E-state index contributed by atoms with van der Waals surface area (Å²) < 4.78 is 40.3. The predicted molar refractivity (Wildman–Crippen MR) is 99.6 cm³/mol. The van der Waals surface area contributed by atoms with Crippen molar-refractivity contribution in [3.63, 3.8) is 0 Å². The van der Waals surface area contributed by atoms with Crippen LogP contribution < -0.4 is 5.32 Å². The number of carbonyl (C=O) groups excluding carboxylic acids is 1. The Morgan fingerprint density at radius 2 is 1.81 bits per heavy atom. The van der Waals surface area contributed by atoms with Crippen LogP contribution in [0, 0.1) is 17.7 Å². The topological polar surface area (TPSA) is 66.5 Å². The molecular weight excluding hydrogens is 355 g/mol. The third-order valence-corrected chi connectivity index (χ3v) is 6.78. The molecule has 26 heavy (non-hydrogen) atoms. The molecule has 5 nitrogen and oxygen atoms in total. The first-order valence-electron chi connectivity index (χ1n) is 9.27. The van der Waals surface area contributed by atoms with Crippen LogP contribution in [-0.4, -0.2) is 37.8 Å². The fraction of sp³-hybridized carbons (Fsp3) is 0.632. The van der Waals surface area contributed by atoms with E-state index in [2.05, 4.69) is 19.2 Å². The van der Waals surface area contributed by atoms with Crippen molar-refractivity contribution >= 4 is 15.9 Å². The second-order valence-electron chi connectivity index (χ2n) is 7.49. The number of rotatable bonds is 7. The molecule has 0 aliphatic carbocycles. The van der Waals surface area contributed by atoms with Gasteiger partial charge in [-0.05, 0) is 50.7 Å². The lowest BCUT2D eigenvalue weighted by Crippen LogP contribution is -2.44. The van der Waals surface area contributed by atoms with E-state index in [-0.39, 0.29) is 35.9 Å². The molecular formula is C19H29FN2O3S. The molecule has 1 fully saturated rings. The van der Waals surface area contributed by atoms with Crippen molar-refractivity contribution in [2.45, 2.75) is 57.4 Å². The molecule has 2 rings (SSSR count). The van der Waals surface area contributed by atoms with Gasteiger partial charge in [0.2, 0.25) is 15.9 Å². The van der Waals surface area contributed by atoms with Crippen LogP contribution in [0.15, 0.2) is 29.2 Å². The minimum absolute atomic E-state index is 0.0100. The van der Waals surface area contributed by atoms with E-state index in [0.717, 1.165) is 18.9 Å². The van der Waals surface area contributed by atoms with Crippen molar-refractivity contribution in [3.05, 3.63) is 30.1 Å². The summed E-state index contributed by atoms with van der Waals surface area (Å²) in [7, 11) is -3.86. The summed E-state index contributed by atoms with van der Waals surface area (Å²) in [5.74, 6) is -0.347. The monoisotopic (exact) mass is 384 g/mol. The van der Waals surface area contributed by atoms with Gasteiger partial charge in [0.05, 0.1) is 0 Å². The maximum Gasteiger partial charge on any atom is 0.245 e. The molecule has 1 amide bonds. The molecule has 0 saturated carbocycles. The number of nitrogens with one attached hydrogen (secondary N) is 1. The number of hydrogen-bond donors (Lipinski definition) is 1. The van der Waals surface area contributed by atoms with Gasteiger partial charge in [-0.2, -0.15) is 4.31 Å². The van der Waals surface area contributed by atoms with E-state index in [4.69, 9.17) is 0 Å². The van der Waals surface area contributed by atoms with Crippen LogP contribution in [0.3, 0.4) is 0 Å². The van der Waals surface area contributed by atoms with Crippen LogP contribution in [0.25, 0.3) is 0 Å². The van der Waals surface area contributed by atoms with Crippen molar-refractivity contribution in [2.75, 3.05) is 13.1 Å². The molecule has 0 aromatic heterocycles. The normalized spacial score (nSPS) is 18.0. The molecule has 1 atom stereocenters. The largest absolute Gasteiger partial charge is 0.353 e. The van der Waals surface area contributed by atoms with Crippen LogP contribution in [0.4, 0.5) is 4.39 Å². The van der Waals surface area contributed by atoms with Crippen molar-refractivity contribution in [1.82, 2.24) is 9.62 Å². The number of hydrogen-bond acceptors (Lipinski definition) is 3. The Bertz CT molecular complexity index is 713. The van der Waals surface area contributed by atoms with E-state index in [1.165, 1.54) is 22.5 Å². The van der Waals surface area contributed by atoms with E-state index in [1.807, 2.05) is 6.92 Å². The van der Waals surface area contributed by atoms with Gasteiger partial charge < -0.3 is 5.32 Å². The van der Waals surface area contributed by atoms with Gasteiger partial charge >= 0.3 is 0 Å². The fourth-order valence-corrected chi connectivity index (χ4v) is 4.70. The van der Waals surface area contributed by atoms with Gasteiger partial charge in [0.25, 0.3) is 0 Å². The van der Waals surface area contributed by atoms with E-state index in [0.29, 0.717) is 18.8 Å². The molecule has 0 bridgehead atoms. The first-order valence-corrected chi connectivity index (χ1v) is 10.7. The van der Waals surface area contributed by atoms with E-state index in [9.17, 15) is 17.6 Å². The molecule has 1 saturated heterocycles. The molecule has 1 aliphatic heterocycles. The lowest BCUT2D eigenvalue weighted by molar-refractivity contribution is -0.126. The van der Waals surface area contributed by atoms with Gasteiger partial charge in [-0.3, -0.25) is 4.79 Å². The van der Waals surface area contributed by atoms with Gasteiger partial charge in [0.1, 0.15) is 10.7 Å². The summed E-state index contributed by atoms with van der Waals surface area (Å²) in [5.41, 5.74) is 0. The number of amides is 1. The summed E-state index contributed by atoms with van der Waals surface area (Å²) >= 11 is 0. The van der Waals surface area contributed by atoms with Gasteiger partial charge in [-0.25, -0.2) is 12.8 Å². The molecule has 1 N–H and O–H groups in total. The summed E-state index contributed by atoms with van der Waals surface area (Å²) in [6, 6.07) is 5.51. The molecule has 1 unspecified atom stereocenters. The number of halogens is 1. The van der Waals surface area contributed by atoms with Crippen LogP contribution >= 0.6 is 0 Å². The molecule has 1 aromatic carbocycles. The Morgan fingerprint density at radius 3 is 2.38 bits per heavy atom.